The quantitative estimate of drug-likeness (QED) is 0.804. The Kier molecular flexibility index (Phi) is 4.38. The van der Waals surface area contributed by atoms with Crippen molar-refractivity contribution in [3.63, 3.8) is 0 Å². The third-order valence-electron chi connectivity index (χ3n) is 5.48. The summed E-state index contributed by atoms with van der Waals surface area (Å²) in [6.07, 6.45) is 2.39. The Labute approximate surface area is 153 Å². The molecule has 0 aromatic heterocycles. The molecule has 2 bridgehead atoms. The van der Waals surface area contributed by atoms with Gasteiger partial charge in [0.05, 0.1) is 6.42 Å². The Morgan fingerprint density at radius 2 is 1.92 bits per heavy atom. The van der Waals surface area contributed by atoms with Crippen molar-refractivity contribution in [3.05, 3.63) is 23.8 Å². The molecule has 140 valence electrons. The van der Waals surface area contributed by atoms with Crippen LogP contribution in [0.3, 0.4) is 0 Å². The maximum Gasteiger partial charge on any atom is 0.319 e. The summed E-state index contributed by atoms with van der Waals surface area (Å²) in [6, 6.07) is 5.81. The third-order valence-corrected chi connectivity index (χ3v) is 5.48. The van der Waals surface area contributed by atoms with Crippen molar-refractivity contribution in [2.24, 2.45) is 5.92 Å². The van der Waals surface area contributed by atoms with Crippen LogP contribution in [0.25, 0.3) is 0 Å². The van der Waals surface area contributed by atoms with Crippen molar-refractivity contribution < 1.29 is 19.1 Å². The lowest BCUT2D eigenvalue weighted by Gasteiger charge is -2.36. The first-order chi connectivity index (χ1) is 12.5. The van der Waals surface area contributed by atoms with Crippen LogP contribution in [-0.4, -0.2) is 73.2 Å². The number of nitrogens with zero attached hydrogens (tertiary/aromatic N) is 3. The molecular weight excluding hydrogens is 334 g/mol. The number of hydrogen-bond donors (Lipinski definition) is 0. The Hall–Kier alpha value is -2.44. The first-order valence-electron chi connectivity index (χ1n) is 9.15. The summed E-state index contributed by atoms with van der Waals surface area (Å²) in [4.78, 5) is 30.8. The van der Waals surface area contributed by atoms with Gasteiger partial charge in [-0.1, -0.05) is 6.07 Å². The molecule has 0 saturated carbocycles. The monoisotopic (exact) mass is 359 g/mol. The summed E-state index contributed by atoms with van der Waals surface area (Å²) < 4.78 is 10.7. The molecule has 0 spiro atoms. The van der Waals surface area contributed by atoms with Crippen molar-refractivity contribution in [3.8, 4) is 11.5 Å². The number of carbonyl (C=O) groups excluding carboxylic acids is 2. The van der Waals surface area contributed by atoms with Crippen LogP contribution in [0.2, 0.25) is 0 Å². The van der Waals surface area contributed by atoms with E-state index in [4.69, 9.17) is 9.47 Å². The van der Waals surface area contributed by atoms with Gasteiger partial charge < -0.3 is 24.2 Å². The van der Waals surface area contributed by atoms with E-state index in [9.17, 15) is 9.59 Å². The second-order valence-corrected chi connectivity index (χ2v) is 7.59. The van der Waals surface area contributed by atoms with Crippen molar-refractivity contribution in [2.75, 3.05) is 40.5 Å². The molecule has 4 heterocycles. The highest BCUT2D eigenvalue weighted by atomic mass is 16.7. The SMILES string of the molecule is CN(C)C(=O)N1C[C@H]2CC[C@@H](C1)N(C(=O)Cc1ccc3c(c1)OCO3)C2. The fraction of sp³-hybridized carbons (Fsp3) is 0.579. The van der Waals surface area contributed by atoms with E-state index in [0.29, 0.717) is 24.6 Å². The van der Waals surface area contributed by atoms with Gasteiger partial charge in [0.1, 0.15) is 0 Å². The average molecular weight is 359 g/mol. The minimum Gasteiger partial charge on any atom is -0.454 e. The van der Waals surface area contributed by atoms with Crippen LogP contribution in [0.1, 0.15) is 18.4 Å². The zero-order valence-electron chi connectivity index (χ0n) is 15.3. The minimum absolute atomic E-state index is 0.0342. The first-order valence-corrected chi connectivity index (χ1v) is 9.15. The molecule has 1 aromatic rings. The Morgan fingerprint density at radius 1 is 1.12 bits per heavy atom. The van der Waals surface area contributed by atoms with Gasteiger partial charge in [-0.3, -0.25) is 4.79 Å². The van der Waals surface area contributed by atoms with Crippen LogP contribution in [0, 0.1) is 5.92 Å². The predicted octanol–water partition coefficient (Wildman–Crippen LogP) is 1.56. The molecule has 3 saturated heterocycles. The molecule has 0 unspecified atom stereocenters. The predicted molar refractivity (Wildman–Crippen MR) is 95.2 cm³/mol. The molecular formula is C19H25N3O4. The number of carbonyl (C=O) groups is 2. The maximum absolute atomic E-state index is 13.0. The van der Waals surface area contributed by atoms with Gasteiger partial charge in [0.15, 0.2) is 11.5 Å². The van der Waals surface area contributed by atoms with Crippen molar-refractivity contribution >= 4 is 11.9 Å². The molecule has 4 aliphatic rings. The van der Waals surface area contributed by atoms with E-state index in [1.807, 2.05) is 28.0 Å². The molecule has 3 fully saturated rings. The van der Waals surface area contributed by atoms with Gasteiger partial charge in [0, 0.05) is 39.8 Å². The van der Waals surface area contributed by atoms with Crippen LogP contribution < -0.4 is 9.47 Å². The van der Waals surface area contributed by atoms with E-state index in [0.717, 1.165) is 37.2 Å². The Morgan fingerprint density at radius 3 is 2.73 bits per heavy atom. The van der Waals surface area contributed by atoms with E-state index >= 15 is 0 Å². The molecule has 0 radical (unpaired) electrons. The Balaban J connectivity index is 1.46. The molecule has 2 atom stereocenters. The summed E-state index contributed by atoms with van der Waals surface area (Å²) in [5.74, 6) is 1.92. The van der Waals surface area contributed by atoms with E-state index in [-0.39, 0.29) is 24.8 Å². The van der Waals surface area contributed by atoms with Gasteiger partial charge in [-0.2, -0.15) is 0 Å². The number of benzene rings is 1. The fourth-order valence-electron chi connectivity index (χ4n) is 4.15. The largest absolute Gasteiger partial charge is 0.454 e. The summed E-state index contributed by atoms with van der Waals surface area (Å²) in [6.45, 7) is 2.34. The minimum atomic E-state index is 0.0342. The van der Waals surface area contributed by atoms with Crippen molar-refractivity contribution in [1.29, 1.82) is 0 Å². The van der Waals surface area contributed by atoms with E-state index in [1.54, 1.807) is 19.0 Å². The van der Waals surface area contributed by atoms with Crippen LogP contribution in [0.15, 0.2) is 18.2 Å². The zero-order chi connectivity index (χ0) is 18.3. The van der Waals surface area contributed by atoms with Gasteiger partial charge in [0.2, 0.25) is 12.7 Å². The Bertz CT molecular complexity index is 721. The molecule has 7 nitrogen and oxygen atoms in total. The lowest BCUT2D eigenvalue weighted by atomic mass is 9.94. The molecule has 0 N–H and O–H groups in total. The van der Waals surface area contributed by atoms with E-state index < -0.39 is 0 Å². The van der Waals surface area contributed by atoms with Crippen LogP contribution >= 0.6 is 0 Å². The van der Waals surface area contributed by atoms with Gasteiger partial charge in [-0.05, 0) is 36.5 Å². The molecule has 1 aromatic carbocycles. The molecule has 0 aliphatic carbocycles. The van der Waals surface area contributed by atoms with Crippen LogP contribution in [0.4, 0.5) is 4.79 Å². The van der Waals surface area contributed by atoms with Crippen LogP contribution in [-0.2, 0) is 11.2 Å². The summed E-state index contributed by atoms with van der Waals surface area (Å²) in [7, 11) is 3.55. The number of piperidine rings is 1. The van der Waals surface area contributed by atoms with E-state index in [1.165, 1.54) is 0 Å². The first kappa shape index (κ1) is 17.0. The summed E-state index contributed by atoms with van der Waals surface area (Å²) in [5, 5.41) is 0. The maximum atomic E-state index is 13.0. The van der Waals surface area contributed by atoms with Gasteiger partial charge >= 0.3 is 6.03 Å². The van der Waals surface area contributed by atoms with Crippen molar-refractivity contribution in [2.45, 2.75) is 25.3 Å². The highest BCUT2D eigenvalue weighted by Gasteiger charge is 2.38. The molecule has 5 rings (SSSR count). The number of rotatable bonds is 2. The summed E-state index contributed by atoms with van der Waals surface area (Å²) in [5.41, 5.74) is 0.931. The standard InChI is InChI=1S/C19H25N3O4/c1-20(2)19(24)21-9-14-3-5-15(11-21)22(10-14)18(23)8-13-4-6-16-17(7-13)26-12-25-16/h4,6-7,14-15H,3,5,8-12H2,1-2H3/t14-,15+/m1/s1. The van der Waals surface area contributed by atoms with Crippen LogP contribution in [0.5, 0.6) is 11.5 Å². The third kappa shape index (κ3) is 3.18. The fourth-order valence-corrected chi connectivity index (χ4v) is 4.15. The smallest absolute Gasteiger partial charge is 0.319 e. The number of fused-ring (bicyclic) bond motifs is 5. The van der Waals surface area contributed by atoms with Gasteiger partial charge in [0.25, 0.3) is 0 Å². The second-order valence-electron chi connectivity index (χ2n) is 7.59. The normalized spacial score (nSPS) is 23.8. The summed E-state index contributed by atoms with van der Waals surface area (Å²) >= 11 is 0. The van der Waals surface area contributed by atoms with E-state index in [2.05, 4.69) is 0 Å². The number of amides is 3. The number of hydrogen-bond acceptors (Lipinski definition) is 4. The highest BCUT2D eigenvalue weighted by Crippen LogP contribution is 2.33. The number of ether oxygens (including phenoxy) is 2. The lowest BCUT2D eigenvalue weighted by molar-refractivity contribution is -0.134. The molecule has 26 heavy (non-hydrogen) atoms. The zero-order valence-corrected chi connectivity index (χ0v) is 15.3. The molecule has 4 aliphatic heterocycles. The van der Waals surface area contributed by atoms with Crippen molar-refractivity contribution in [1.82, 2.24) is 14.7 Å². The average Bonchev–Trinajstić information content (AvgIpc) is 2.89. The lowest BCUT2D eigenvalue weighted by Crippen LogP contribution is -2.49. The molecule has 3 amide bonds. The number of urea groups is 1. The van der Waals surface area contributed by atoms with Gasteiger partial charge in [-0.15, -0.1) is 0 Å². The second kappa shape index (κ2) is 6.70. The van der Waals surface area contributed by atoms with Gasteiger partial charge in [-0.25, -0.2) is 4.79 Å². The highest BCUT2D eigenvalue weighted by molar-refractivity contribution is 5.80. The molecule has 7 heteroatoms. The topological polar surface area (TPSA) is 62.3 Å².